The van der Waals surface area contributed by atoms with E-state index < -0.39 is 11.6 Å². The molecule has 0 radical (unpaired) electrons. The largest absolute Gasteiger partial charge is 0.476 e. The average molecular weight is 358 g/mol. The first-order valence-corrected chi connectivity index (χ1v) is 8.47. The van der Waals surface area contributed by atoms with Gasteiger partial charge in [-0.2, -0.15) is 5.10 Å². The molecule has 0 bridgehead atoms. The van der Waals surface area contributed by atoms with E-state index in [1.54, 1.807) is 4.90 Å². The topological polar surface area (TPSA) is 84.7 Å². The highest BCUT2D eigenvalue weighted by Gasteiger charge is 2.27. The van der Waals surface area contributed by atoms with Crippen LogP contribution in [0.5, 0.6) is 0 Å². The summed E-state index contributed by atoms with van der Waals surface area (Å²) in [5.74, 6) is -0.648. The highest BCUT2D eigenvalue weighted by Crippen LogP contribution is 2.24. The zero-order valence-electron chi connectivity index (χ0n) is 14.3. The van der Waals surface area contributed by atoms with Crippen LogP contribution in [0, 0.1) is 5.92 Å². The highest BCUT2D eigenvalue weighted by atomic mass is 35.5. The second-order valence-electron chi connectivity index (χ2n) is 7.07. The predicted octanol–water partition coefficient (Wildman–Crippen LogP) is 3.27. The van der Waals surface area contributed by atoms with Gasteiger partial charge < -0.3 is 14.7 Å². The van der Waals surface area contributed by atoms with E-state index in [-0.39, 0.29) is 16.8 Å². The van der Waals surface area contributed by atoms with Gasteiger partial charge in [-0.25, -0.2) is 9.59 Å². The Morgan fingerprint density at radius 2 is 2.00 bits per heavy atom. The van der Waals surface area contributed by atoms with Gasteiger partial charge in [0.2, 0.25) is 0 Å². The van der Waals surface area contributed by atoms with Gasteiger partial charge in [-0.3, -0.25) is 4.68 Å². The summed E-state index contributed by atoms with van der Waals surface area (Å²) in [6.07, 6.45) is 3.64. The van der Waals surface area contributed by atoms with Gasteiger partial charge in [0.25, 0.3) is 0 Å². The van der Waals surface area contributed by atoms with Crippen LogP contribution >= 0.6 is 11.6 Å². The molecule has 1 aliphatic rings. The third-order valence-corrected chi connectivity index (χ3v) is 4.29. The van der Waals surface area contributed by atoms with Gasteiger partial charge >= 0.3 is 12.1 Å². The Labute approximate surface area is 146 Å². The molecule has 0 aromatic carbocycles. The summed E-state index contributed by atoms with van der Waals surface area (Å²) in [6, 6.07) is 0. The molecule has 2 heterocycles. The minimum absolute atomic E-state index is 0.0304. The molecule has 0 aliphatic carbocycles. The first-order chi connectivity index (χ1) is 11.2. The zero-order valence-corrected chi connectivity index (χ0v) is 15.0. The standard InChI is InChI=1S/C16H24ClN3O4/c1-16(2,3)24-15(23)19-7-4-11(5-8-19)6-9-20-13(14(21)22)12(17)10-18-20/h10-11H,4-9H2,1-3H3,(H,21,22). The van der Waals surface area contributed by atoms with E-state index in [1.807, 2.05) is 20.8 Å². The van der Waals surface area contributed by atoms with Gasteiger partial charge in [0, 0.05) is 19.6 Å². The van der Waals surface area contributed by atoms with Crippen molar-refractivity contribution >= 4 is 23.7 Å². The lowest BCUT2D eigenvalue weighted by Crippen LogP contribution is -2.41. The van der Waals surface area contributed by atoms with Crippen LogP contribution in [0.15, 0.2) is 6.20 Å². The summed E-state index contributed by atoms with van der Waals surface area (Å²) < 4.78 is 6.81. The Bertz CT molecular complexity index is 601. The number of nitrogens with zero attached hydrogens (tertiary/aromatic N) is 3. The highest BCUT2D eigenvalue weighted by molar-refractivity contribution is 6.33. The molecule has 0 saturated carbocycles. The van der Waals surface area contributed by atoms with Crippen LogP contribution in [-0.4, -0.2) is 50.5 Å². The van der Waals surface area contributed by atoms with Gasteiger partial charge in [0.1, 0.15) is 5.60 Å². The lowest BCUT2D eigenvalue weighted by molar-refractivity contribution is 0.0179. The number of hydrogen-bond donors (Lipinski definition) is 1. The maximum atomic E-state index is 12.0. The fraction of sp³-hybridized carbons (Fsp3) is 0.688. The van der Waals surface area contributed by atoms with Crippen molar-refractivity contribution in [1.82, 2.24) is 14.7 Å². The molecular formula is C16H24ClN3O4. The summed E-state index contributed by atoms with van der Waals surface area (Å²) in [5.41, 5.74) is -0.455. The lowest BCUT2D eigenvalue weighted by atomic mass is 9.94. The number of ether oxygens (including phenoxy) is 1. The second kappa shape index (κ2) is 7.42. The third-order valence-electron chi connectivity index (χ3n) is 4.01. The van der Waals surface area contributed by atoms with Crippen molar-refractivity contribution in [3.05, 3.63) is 16.9 Å². The molecule has 1 N–H and O–H groups in total. The fourth-order valence-corrected chi connectivity index (χ4v) is 3.00. The summed E-state index contributed by atoms with van der Waals surface area (Å²) in [6.45, 7) is 7.38. The molecule has 134 valence electrons. The maximum absolute atomic E-state index is 12.0. The number of aromatic nitrogens is 2. The quantitative estimate of drug-likeness (QED) is 0.893. The Morgan fingerprint density at radius 3 is 2.54 bits per heavy atom. The van der Waals surface area contributed by atoms with E-state index in [9.17, 15) is 9.59 Å². The van der Waals surface area contributed by atoms with Crippen LogP contribution < -0.4 is 0 Å². The average Bonchev–Trinajstić information content (AvgIpc) is 2.85. The second-order valence-corrected chi connectivity index (χ2v) is 7.48. The number of rotatable bonds is 4. The summed E-state index contributed by atoms with van der Waals surface area (Å²) >= 11 is 5.85. The number of likely N-dealkylation sites (tertiary alicyclic amines) is 1. The Hall–Kier alpha value is -1.76. The zero-order chi connectivity index (χ0) is 17.9. The van der Waals surface area contributed by atoms with Crippen molar-refractivity contribution in [2.24, 2.45) is 5.92 Å². The molecule has 1 amide bonds. The van der Waals surface area contributed by atoms with Gasteiger partial charge in [0.05, 0.1) is 11.2 Å². The fourth-order valence-electron chi connectivity index (χ4n) is 2.78. The number of carboxylic acids is 1. The minimum Gasteiger partial charge on any atom is -0.476 e. The number of carboxylic acid groups (broad SMARTS) is 1. The molecule has 1 aromatic heterocycles. The number of amides is 1. The molecule has 1 aliphatic heterocycles. The Morgan fingerprint density at radius 1 is 1.38 bits per heavy atom. The normalized spacial score (nSPS) is 16.2. The molecule has 0 unspecified atom stereocenters. The molecule has 8 heteroatoms. The SMILES string of the molecule is CC(C)(C)OC(=O)N1CCC(CCn2ncc(Cl)c2C(=O)O)CC1. The Kier molecular flexibility index (Phi) is 5.74. The summed E-state index contributed by atoms with van der Waals surface area (Å²) in [4.78, 5) is 24.9. The van der Waals surface area contributed by atoms with E-state index in [1.165, 1.54) is 10.9 Å². The van der Waals surface area contributed by atoms with E-state index >= 15 is 0 Å². The molecule has 1 saturated heterocycles. The van der Waals surface area contributed by atoms with Crippen molar-refractivity contribution < 1.29 is 19.4 Å². The molecule has 0 spiro atoms. The van der Waals surface area contributed by atoms with Crippen LogP contribution in [0.3, 0.4) is 0 Å². The molecule has 1 aromatic rings. The molecule has 7 nitrogen and oxygen atoms in total. The molecule has 0 atom stereocenters. The number of halogens is 1. The molecule has 24 heavy (non-hydrogen) atoms. The van der Waals surface area contributed by atoms with Crippen LogP contribution in [-0.2, 0) is 11.3 Å². The minimum atomic E-state index is -1.07. The number of carbonyl (C=O) groups is 2. The number of aryl methyl sites for hydroxylation is 1. The maximum Gasteiger partial charge on any atom is 0.410 e. The van der Waals surface area contributed by atoms with E-state index in [2.05, 4.69) is 5.10 Å². The van der Waals surface area contributed by atoms with Crippen LogP contribution in [0.25, 0.3) is 0 Å². The van der Waals surface area contributed by atoms with E-state index in [0.717, 1.165) is 19.3 Å². The lowest BCUT2D eigenvalue weighted by Gasteiger charge is -2.33. The first-order valence-electron chi connectivity index (χ1n) is 8.10. The van der Waals surface area contributed by atoms with Crippen molar-refractivity contribution in [2.45, 2.75) is 52.2 Å². The smallest absolute Gasteiger partial charge is 0.410 e. The van der Waals surface area contributed by atoms with Gasteiger partial charge in [-0.1, -0.05) is 11.6 Å². The first kappa shape index (κ1) is 18.6. The number of carbonyl (C=O) groups excluding carboxylic acids is 1. The van der Waals surface area contributed by atoms with Crippen LogP contribution in [0.4, 0.5) is 4.79 Å². The Balaban J connectivity index is 1.82. The molecular weight excluding hydrogens is 334 g/mol. The molecule has 2 rings (SSSR count). The van der Waals surface area contributed by atoms with Crippen LogP contribution in [0.2, 0.25) is 5.02 Å². The monoisotopic (exact) mass is 357 g/mol. The number of hydrogen-bond acceptors (Lipinski definition) is 4. The summed E-state index contributed by atoms with van der Waals surface area (Å²) in [5, 5.41) is 13.3. The van der Waals surface area contributed by atoms with Crippen LogP contribution in [0.1, 0.15) is 50.5 Å². The van der Waals surface area contributed by atoms with Crippen molar-refractivity contribution in [3.8, 4) is 0 Å². The van der Waals surface area contributed by atoms with Gasteiger partial charge in [0.15, 0.2) is 5.69 Å². The van der Waals surface area contributed by atoms with Gasteiger partial charge in [-0.05, 0) is 46.0 Å². The van der Waals surface area contributed by atoms with Crippen molar-refractivity contribution in [3.63, 3.8) is 0 Å². The van der Waals surface area contributed by atoms with Crippen molar-refractivity contribution in [2.75, 3.05) is 13.1 Å². The summed E-state index contributed by atoms with van der Waals surface area (Å²) in [7, 11) is 0. The number of aromatic carboxylic acids is 1. The van der Waals surface area contributed by atoms with Gasteiger partial charge in [-0.15, -0.1) is 0 Å². The predicted molar refractivity (Wildman–Crippen MR) is 89.3 cm³/mol. The van der Waals surface area contributed by atoms with E-state index in [4.69, 9.17) is 21.4 Å². The number of piperidine rings is 1. The van der Waals surface area contributed by atoms with Crippen molar-refractivity contribution in [1.29, 1.82) is 0 Å². The van der Waals surface area contributed by atoms with E-state index in [0.29, 0.717) is 25.6 Å². The third kappa shape index (κ3) is 4.87. The molecule has 1 fully saturated rings.